The number of carbonyl (C=O) groups is 3. The third-order valence-electron chi connectivity index (χ3n) is 7.97. The number of hydrogen-bond donors (Lipinski definition) is 1. The van der Waals surface area contributed by atoms with E-state index < -0.39 is 11.6 Å². The highest BCUT2D eigenvalue weighted by Gasteiger charge is 2.57. The molecule has 2 aliphatic carbocycles. The Morgan fingerprint density at radius 1 is 1.18 bits per heavy atom. The highest BCUT2D eigenvalue weighted by Crippen LogP contribution is 2.44. The van der Waals surface area contributed by atoms with Gasteiger partial charge in [-0.2, -0.15) is 0 Å². The van der Waals surface area contributed by atoms with Crippen LogP contribution in [0, 0.1) is 5.92 Å². The largest absolute Gasteiger partial charge is 0.334 e. The Kier molecular flexibility index (Phi) is 6.15. The summed E-state index contributed by atoms with van der Waals surface area (Å²) in [6.07, 6.45) is 6.70. The summed E-state index contributed by atoms with van der Waals surface area (Å²) in [6, 6.07) is 15.7. The number of rotatable bonds is 7. The van der Waals surface area contributed by atoms with Crippen LogP contribution in [0.5, 0.6) is 0 Å². The molecule has 1 saturated heterocycles. The van der Waals surface area contributed by atoms with Gasteiger partial charge in [0.05, 0.1) is 0 Å². The molecule has 0 bridgehead atoms. The van der Waals surface area contributed by atoms with Crippen LogP contribution in [0.3, 0.4) is 0 Å². The van der Waals surface area contributed by atoms with Crippen LogP contribution >= 0.6 is 11.8 Å². The lowest BCUT2D eigenvalue weighted by Crippen LogP contribution is -2.53. The predicted molar refractivity (Wildman–Crippen MR) is 132 cm³/mol. The molecule has 4 amide bonds. The number of benzene rings is 2. The number of thioether (sulfide) groups is 1. The molecule has 1 aliphatic heterocycles. The number of imide groups is 1. The van der Waals surface area contributed by atoms with Crippen molar-refractivity contribution >= 4 is 29.6 Å². The van der Waals surface area contributed by atoms with Crippen LogP contribution in [0.25, 0.3) is 0 Å². The predicted octanol–water partition coefficient (Wildman–Crippen LogP) is 4.32. The van der Waals surface area contributed by atoms with E-state index in [1.165, 1.54) is 16.2 Å². The Morgan fingerprint density at radius 3 is 2.59 bits per heavy atom. The highest BCUT2D eigenvalue weighted by atomic mass is 32.2. The average Bonchev–Trinajstić information content (AvgIpc) is 3.30. The van der Waals surface area contributed by atoms with Gasteiger partial charge in [-0.1, -0.05) is 42.8 Å². The molecular formula is C27H31N3O3S. The maximum absolute atomic E-state index is 13.8. The van der Waals surface area contributed by atoms with Gasteiger partial charge in [-0.25, -0.2) is 4.79 Å². The van der Waals surface area contributed by atoms with Gasteiger partial charge in [0.2, 0.25) is 5.91 Å². The van der Waals surface area contributed by atoms with Crippen molar-refractivity contribution < 1.29 is 14.4 Å². The van der Waals surface area contributed by atoms with Gasteiger partial charge in [0, 0.05) is 17.5 Å². The molecule has 7 heteroatoms. The van der Waals surface area contributed by atoms with Gasteiger partial charge in [-0.3, -0.25) is 19.8 Å². The molecule has 1 spiro atoms. The normalized spacial score (nSPS) is 22.5. The van der Waals surface area contributed by atoms with Gasteiger partial charge in [0.25, 0.3) is 5.91 Å². The number of urea groups is 1. The average molecular weight is 478 g/mol. The van der Waals surface area contributed by atoms with Crippen molar-refractivity contribution in [3.05, 3.63) is 65.2 Å². The summed E-state index contributed by atoms with van der Waals surface area (Å²) in [5, 5.41) is 2.50. The number of nitrogens with one attached hydrogen (secondary N) is 1. The van der Waals surface area contributed by atoms with Gasteiger partial charge >= 0.3 is 6.03 Å². The number of amides is 4. The second-order valence-corrected chi connectivity index (χ2v) is 10.5. The van der Waals surface area contributed by atoms with Gasteiger partial charge in [0.15, 0.2) is 0 Å². The SMILES string of the molecule is CSc1ccc(CN(C(=O)CN2C(=O)NC(=O)[C@@]23CCc2ccccc23)[C@@H](C)C2CCC2)cc1. The first kappa shape index (κ1) is 23.0. The number of hydrogen-bond acceptors (Lipinski definition) is 4. The van der Waals surface area contributed by atoms with Crippen LogP contribution in [0.15, 0.2) is 53.4 Å². The minimum Gasteiger partial charge on any atom is -0.334 e. The summed E-state index contributed by atoms with van der Waals surface area (Å²) in [5.41, 5.74) is 1.89. The van der Waals surface area contributed by atoms with Gasteiger partial charge < -0.3 is 4.90 Å². The van der Waals surface area contributed by atoms with Crippen LogP contribution in [0.1, 0.15) is 49.3 Å². The van der Waals surface area contributed by atoms with E-state index in [1.54, 1.807) is 11.8 Å². The second-order valence-electron chi connectivity index (χ2n) is 9.66. The van der Waals surface area contributed by atoms with Gasteiger partial charge in [-0.15, -0.1) is 11.8 Å². The van der Waals surface area contributed by atoms with Gasteiger partial charge in [-0.05, 0) is 73.6 Å². The maximum Gasteiger partial charge on any atom is 0.325 e. The zero-order chi connectivity index (χ0) is 23.9. The molecule has 1 saturated carbocycles. The molecule has 2 atom stereocenters. The number of nitrogens with zero attached hydrogens (tertiary/aromatic N) is 2. The number of aryl methyl sites for hydroxylation is 1. The van der Waals surface area contributed by atoms with Crippen LogP contribution < -0.4 is 5.32 Å². The Hall–Kier alpha value is -2.80. The third kappa shape index (κ3) is 3.80. The zero-order valence-corrected chi connectivity index (χ0v) is 20.6. The van der Waals surface area contributed by atoms with Crippen molar-refractivity contribution in [3.63, 3.8) is 0 Å². The molecule has 34 heavy (non-hydrogen) atoms. The van der Waals surface area contributed by atoms with Crippen LogP contribution in [0.2, 0.25) is 0 Å². The molecule has 6 nitrogen and oxygen atoms in total. The monoisotopic (exact) mass is 477 g/mol. The summed E-state index contributed by atoms with van der Waals surface area (Å²) in [7, 11) is 0. The minimum absolute atomic E-state index is 0.0784. The topological polar surface area (TPSA) is 69.7 Å². The van der Waals surface area contributed by atoms with E-state index in [4.69, 9.17) is 0 Å². The fraction of sp³-hybridized carbons (Fsp3) is 0.444. The molecule has 1 N–H and O–H groups in total. The van der Waals surface area contributed by atoms with E-state index in [2.05, 4.69) is 36.5 Å². The molecule has 5 rings (SSSR count). The van der Waals surface area contributed by atoms with Crippen LogP contribution in [-0.2, 0) is 28.1 Å². The Morgan fingerprint density at radius 2 is 1.91 bits per heavy atom. The van der Waals surface area contributed by atoms with Crippen LogP contribution in [-0.4, -0.2) is 46.5 Å². The first-order valence-electron chi connectivity index (χ1n) is 12.1. The summed E-state index contributed by atoms with van der Waals surface area (Å²) < 4.78 is 0. The molecule has 2 aromatic rings. The van der Waals surface area contributed by atoms with E-state index >= 15 is 0 Å². The molecule has 2 aromatic carbocycles. The summed E-state index contributed by atoms with van der Waals surface area (Å²) >= 11 is 1.69. The zero-order valence-electron chi connectivity index (χ0n) is 19.8. The fourth-order valence-corrected chi connectivity index (χ4v) is 6.08. The molecule has 0 aromatic heterocycles. The molecule has 1 heterocycles. The van der Waals surface area contributed by atoms with E-state index in [9.17, 15) is 14.4 Å². The molecule has 178 valence electrons. The molecular weight excluding hydrogens is 446 g/mol. The van der Waals surface area contributed by atoms with Crippen molar-refractivity contribution in [3.8, 4) is 0 Å². The first-order chi connectivity index (χ1) is 16.4. The Bertz CT molecular complexity index is 1110. The molecule has 0 radical (unpaired) electrons. The van der Waals surface area contributed by atoms with Crippen molar-refractivity contribution in [1.29, 1.82) is 0 Å². The first-order valence-corrected chi connectivity index (χ1v) is 13.3. The van der Waals surface area contributed by atoms with Gasteiger partial charge in [0.1, 0.15) is 12.1 Å². The molecule has 2 fully saturated rings. The standard InChI is InChI=1S/C27H31N3O3S/c1-18(20-7-5-8-20)29(16-19-10-12-22(34-2)13-11-19)24(31)17-30-26(33)28-25(32)27(30)15-14-21-6-3-4-9-23(21)27/h3-4,6,9-13,18,20H,5,7-8,14-17H2,1-2H3,(H,28,32,33)/t18-,27-/m0/s1. The number of carbonyl (C=O) groups excluding carboxylic acids is 3. The summed E-state index contributed by atoms with van der Waals surface area (Å²) in [6.45, 7) is 2.51. The molecule has 3 aliphatic rings. The van der Waals surface area contributed by atoms with Crippen molar-refractivity contribution in [2.24, 2.45) is 5.92 Å². The van der Waals surface area contributed by atoms with E-state index in [0.717, 1.165) is 29.5 Å². The van der Waals surface area contributed by atoms with Crippen molar-refractivity contribution in [1.82, 2.24) is 15.1 Å². The maximum atomic E-state index is 13.8. The quantitative estimate of drug-likeness (QED) is 0.476. The summed E-state index contributed by atoms with van der Waals surface area (Å²) in [5.74, 6) is 0.0491. The highest BCUT2D eigenvalue weighted by molar-refractivity contribution is 7.98. The third-order valence-corrected chi connectivity index (χ3v) is 8.71. The van der Waals surface area contributed by atoms with E-state index in [-0.39, 0.29) is 24.4 Å². The second kappa shape index (κ2) is 9.10. The lowest BCUT2D eigenvalue weighted by molar-refractivity contribution is -0.138. The lowest BCUT2D eigenvalue weighted by Gasteiger charge is -2.41. The van der Waals surface area contributed by atoms with E-state index in [0.29, 0.717) is 25.3 Å². The smallest absolute Gasteiger partial charge is 0.325 e. The number of fused-ring (bicyclic) bond motifs is 2. The van der Waals surface area contributed by atoms with E-state index in [1.807, 2.05) is 35.4 Å². The van der Waals surface area contributed by atoms with Crippen molar-refractivity contribution in [2.45, 2.75) is 62.0 Å². The fourth-order valence-electron chi connectivity index (χ4n) is 5.67. The van der Waals surface area contributed by atoms with Crippen molar-refractivity contribution in [2.75, 3.05) is 12.8 Å². The lowest BCUT2D eigenvalue weighted by atomic mass is 9.79. The summed E-state index contributed by atoms with van der Waals surface area (Å²) in [4.78, 5) is 44.4. The Labute approximate surface area is 205 Å². The van der Waals surface area contributed by atoms with Crippen LogP contribution in [0.4, 0.5) is 4.79 Å². The Balaban J connectivity index is 1.42. The molecule has 0 unspecified atom stereocenters. The minimum atomic E-state index is -1.09.